The van der Waals surface area contributed by atoms with E-state index in [-0.39, 0.29) is 11.8 Å². The number of amides is 2. The zero-order chi connectivity index (χ0) is 20.0. The molecule has 0 aliphatic heterocycles. The first-order chi connectivity index (χ1) is 10.6. The van der Waals surface area contributed by atoms with Gasteiger partial charge in [-0.25, -0.2) is 0 Å². The predicted molar refractivity (Wildman–Crippen MR) is 91.4 cm³/mol. The molecule has 9 heteroatoms. The first-order valence-corrected chi connectivity index (χ1v) is 6.48. The lowest BCUT2D eigenvalue weighted by Crippen LogP contribution is -2.43. The number of rotatable bonds is 2. The molecule has 0 aliphatic rings. The van der Waals surface area contributed by atoms with Gasteiger partial charge >= 0.3 is 0 Å². The minimum absolute atomic E-state index is 0.110. The van der Waals surface area contributed by atoms with Crippen LogP contribution < -0.4 is 11.1 Å². The lowest BCUT2D eigenvalue weighted by molar-refractivity contribution is -0.136. The van der Waals surface area contributed by atoms with E-state index in [1.807, 2.05) is 0 Å². The van der Waals surface area contributed by atoms with Gasteiger partial charge in [-0.05, 0) is 20.9 Å². The van der Waals surface area contributed by atoms with E-state index < -0.39 is 12.0 Å². The van der Waals surface area contributed by atoms with E-state index >= 15 is 0 Å². The maximum absolute atomic E-state index is 11.0. The summed E-state index contributed by atoms with van der Waals surface area (Å²) in [4.78, 5) is 43.9. The molecule has 9 nitrogen and oxygen atoms in total. The largest absolute Gasteiger partial charge is 0.481 e. The minimum atomic E-state index is -0.833. The van der Waals surface area contributed by atoms with Crippen LogP contribution in [0.4, 0.5) is 0 Å². The minimum Gasteiger partial charge on any atom is -0.481 e. The van der Waals surface area contributed by atoms with E-state index in [2.05, 4.69) is 22.5 Å². The molecule has 23 heavy (non-hydrogen) atoms. The third-order valence-corrected chi connectivity index (χ3v) is 1.70. The highest BCUT2D eigenvalue weighted by atomic mass is 16.4. The molecule has 0 saturated carbocycles. The lowest BCUT2D eigenvalue weighted by atomic mass is 10.3. The van der Waals surface area contributed by atoms with Crippen LogP contribution in [0.2, 0.25) is 0 Å². The van der Waals surface area contributed by atoms with Gasteiger partial charge < -0.3 is 25.9 Å². The number of hydrogen-bond acceptors (Lipinski definition) is 5. The standard InChI is InChI=1S/C7H14N2O2.C2H4N.C2H4O2.C2H4O.CH5N/c1-5(7(11)8-3)9(4)6(2)10;1-3-2;1-2(3)4;1-2-3;1-2/h5H,1-4H3,(H,8,11);1H,2H3;1H3,(H,3,4);2H,1H3;2H2,1H3/q;+1;;;. The van der Waals surface area contributed by atoms with Gasteiger partial charge in [-0.3, -0.25) is 14.4 Å². The molecular formula is C14H31N4O5+. The molecule has 1 atom stereocenters. The molecule has 0 aromatic rings. The Bertz CT molecular complexity index is 350. The van der Waals surface area contributed by atoms with Crippen LogP contribution in [0.5, 0.6) is 0 Å². The third kappa shape index (κ3) is 45.1. The van der Waals surface area contributed by atoms with Gasteiger partial charge in [0.25, 0.3) is 19.6 Å². The summed E-state index contributed by atoms with van der Waals surface area (Å²) in [5.41, 5.74) is 4.50. The van der Waals surface area contributed by atoms with Gasteiger partial charge in [-0.1, -0.05) is 4.85 Å². The second-order valence-electron chi connectivity index (χ2n) is 3.43. The van der Waals surface area contributed by atoms with Gasteiger partial charge in [-0.15, -0.1) is 0 Å². The van der Waals surface area contributed by atoms with E-state index in [0.29, 0.717) is 0 Å². The Morgan fingerprint density at radius 1 is 1.30 bits per heavy atom. The third-order valence-electron chi connectivity index (χ3n) is 1.70. The summed E-state index contributed by atoms with van der Waals surface area (Å²) in [5.74, 6) is -1.09. The number of carboxylic acid groups (broad SMARTS) is 1. The fourth-order valence-corrected chi connectivity index (χ4v) is 0.657. The van der Waals surface area contributed by atoms with Crippen molar-refractivity contribution in [3.63, 3.8) is 0 Å². The molecule has 0 aromatic carbocycles. The number of likely N-dealkylation sites (N-methyl/N-ethyl adjacent to an activating group) is 2. The molecule has 0 bridgehead atoms. The smallest absolute Gasteiger partial charge is 0.300 e. The molecule has 0 fully saturated rings. The molecule has 2 amide bonds. The zero-order valence-corrected chi connectivity index (χ0v) is 15.3. The van der Waals surface area contributed by atoms with Crippen LogP contribution in [0, 0.1) is 6.57 Å². The molecule has 0 rings (SSSR count). The Balaban J connectivity index is -0.0000000743. The average molecular weight is 335 g/mol. The first kappa shape index (κ1) is 32.5. The van der Waals surface area contributed by atoms with Crippen LogP contribution in [0.3, 0.4) is 0 Å². The van der Waals surface area contributed by atoms with E-state index in [4.69, 9.17) is 14.7 Å². The van der Waals surface area contributed by atoms with Gasteiger partial charge in [-0.2, -0.15) is 0 Å². The number of nitrogens with zero attached hydrogens (tertiary/aromatic N) is 2. The fraction of sp³-hybridized carbons (Fsp3) is 0.643. The summed E-state index contributed by atoms with van der Waals surface area (Å²) in [7, 11) is 6.18. The lowest BCUT2D eigenvalue weighted by Gasteiger charge is -2.21. The predicted octanol–water partition coefficient (Wildman–Crippen LogP) is 0.0491. The van der Waals surface area contributed by atoms with Crippen molar-refractivity contribution in [1.29, 1.82) is 0 Å². The molecule has 0 aromatic heterocycles. The van der Waals surface area contributed by atoms with Crippen molar-refractivity contribution in [2.24, 2.45) is 5.73 Å². The van der Waals surface area contributed by atoms with Gasteiger partial charge in [0.15, 0.2) is 0 Å². The molecule has 1 unspecified atom stereocenters. The summed E-state index contributed by atoms with van der Waals surface area (Å²) in [6.45, 7) is 10.1. The maximum Gasteiger partial charge on any atom is 0.300 e. The topological polar surface area (TPSA) is 134 Å². The summed E-state index contributed by atoms with van der Waals surface area (Å²) in [6.07, 6.45) is 0.750. The van der Waals surface area contributed by atoms with Gasteiger partial charge in [0.2, 0.25) is 11.8 Å². The van der Waals surface area contributed by atoms with Crippen LogP contribution in [0.1, 0.15) is 27.7 Å². The second kappa shape index (κ2) is 27.8. The van der Waals surface area contributed by atoms with Crippen molar-refractivity contribution in [1.82, 2.24) is 10.2 Å². The molecule has 0 radical (unpaired) electrons. The van der Waals surface area contributed by atoms with Crippen LogP contribution in [-0.2, 0) is 19.2 Å². The quantitative estimate of drug-likeness (QED) is 0.610. The van der Waals surface area contributed by atoms with Crippen molar-refractivity contribution in [2.75, 3.05) is 28.2 Å². The van der Waals surface area contributed by atoms with Crippen LogP contribution in [0.15, 0.2) is 0 Å². The van der Waals surface area contributed by atoms with Gasteiger partial charge in [0, 0.05) is 27.9 Å². The number of carbonyl (C=O) groups is 4. The number of nitrogens with two attached hydrogens (primary N) is 1. The Hall–Kier alpha value is -2.47. The van der Waals surface area contributed by atoms with E-state index in [0.717, 1.165) is 13.2 Å². The molecule has 0 saturated heterocycles. The maximum atomic E-state index is 11.0. The molecular weight excluding hydrogens is 304 g/mol. The van der Waals surface area contributed by atoms with Crippen LogP contribution in [-0.4, -0.2) is 68.3 Å². The number of hydrogen-bond donors (Lipinski definition) is 3. The Morgan fingerprint density at radius 3 is 1.65 bits per heavy atom. The van der Waals surface area contributed by atoms with E-state index in [1.54, 1.807) is 21.0 Å². The number of nitrogens with one attached hydrogen (secondary N) is 1. The summed E-state index contributed by atoms with van der Waals surface area (Å²) in [6, 6.07) is -0.391. The Morgan fingerprint density at radius 2 is 1.52 bits per heavy atom. The highest BCUT2D eigenvalue weighted by molar-refractivity contribution is 5.86. The number of carbonyl (C=O) groups excluding carboxylic acids is 3. The second-order valence-corrected chi connectivity index (χ2v) is 3.43. The molecule has 4 N–H and O–H groups in total. The fourth-order valence-electron chi connectivity index (χ4n) is 0.657. The van der Waals surface area contributed by atoms with Crippen molar-refractivity contribution < 1.29 is 24.3 Å². The van der Waals surface area contributed by atoms with Crippen molar-refractivity contribution >= 4 is 24.1 Å². The Labute approximate surface area is 138 Å². The SMILES string of the molecule is C#[N+]C.CC(=O)O.CC=O.CN.CNC(=O)C(C)N(C)C(C)=O. The first-order valence-electron chi connectivity index (χ1n) is 6.48. The number of aliphatic carboxylic acids is 1. The normalized spacial score (nSPS) is 8.00. The van der Waals surface area contributed by atoms with E-state index in [9.17, 15) is 9.59 Å². The van der Waals surface area contributed by atoms with E-state index in [1.165, 1.54) is 32.8 Å². The summed E-state index contributed by atoms with van der Waals surface area (Å²) < 4.78 is 0. The molecule has 0 spiro atoms. The molecule has 136 valence electrons. The number of aldehydes is 1. The zero-order valence-electron chi connectivity index (χ0n) is 15.3. The van der Waals surface area contributed by atoms with Crippen LogP contribution in [0.25, 0.3) is 4.85 Å². The average Bonchev–Trinajstić information content (AvgIpc) is 2.48. The summed E-state index contributed by atoms with van der Waals surface area (Å²) in [5, 5.41) is 9.88. The van der Waals surface area contributed by atoms with Crippen LogP contribution >= 0.6 is 0 Å². The van der Waals surface area contributed by atoms with Gasteiger partial charge in [0.05, 0.1) is 0 Å². The molecule has 0 aliphatic carbocycles. The monoisotopic (exact) mass is 335 g/mol. The van der Waals surface area contributed by atoms with Crippen molar-refractivity contribution in [3.05, 3.63) is 4.85 Å². The highest BCUT2D eigenvalue weighted by Gasteiger charge is 2.17. The summed E-state index contributed by atoms with van der Waals surface area (Å²) >= 11 is 0. The van der Waals surface area contributed by atoms with Gasteiger partial charge in [0.1, 0.15) is 12.3 Å². The van der Waals surface area contributed by atoms with Crippen molar-refractivity contribution in [2.45, 2.75) is 33.7 Å². The highest BCUT2D eigenvalue weighted by Crippen LogP contribution is 1.94. The molecule has 0 heterocycles. The van der Waals surface area contributed by atoms with Crippen molar-refractivity contribution in [3.8, 4) is 6.57 Å². The number of carboxylic acids is 1. The Kier molecular flexibility index (Phi) is 39.2.